The molecule has 1 aromatic rings. The first-order chi connectivity index (χ1) is 9.13. The molecule has 0 aliphatic rings. The molecule has 0 spiro atoms. The quantitative estimate of drug-likeness (QED) is 0.729. The van der Waals surface area contributed by atoms with Crippen LogP contribution in [0.15, 0.2) is 12.1 Å². The van der Waals surface area contributed by atoms with Crippen LogP contribution in [0.2, 0.25) is 0 Å². The van der Waals surface area contributed by atoms with E-state index in [1.54, 1.807) is 0 Å². The van der Waals surface area contributed by atoms with Crippen LogP contribution in [0.25, 0.3) is 0 Å². The van der Waals surface area contributed by atoms with Gasteiger partial charge in [-0.3, -0.25) is 0 Å². The van der Waals surface area contributed by atoms with Gasteiger partial charge in [-0.15, -0.1) is 0 Å². The lowest BCUT2D eigenvalue weighted by Gasteiger charge is -2.15. The van der Waals surface area contributed by atoms with Crippen molar-refractivity contribution in [1.29, 1.82) is 0 Å². The van der Waals surface area contributed by atoms with Crippen molar-refractivity contribution < 1.29 is 19.0 Å². The Morgan fingerprint density at radius 3 is 2.32 bits per heavy atom. The van der Waals surface area contributed by atoms with Crippen LogP contribution in [-0.4, -0.2) is 19.3 Å². The zero-order valence-electron chi connectivity index (χ0n) is 11.9. The topological polar surface area (TPSA) is 38.7 Å². The van der Waals surface area contributed by atoms with E-state index in [0.717, 1.165) is 25.7 Å². The smallest absolute Gasteiger partial charge is 0.163 e. The maximum absolute atomic E-state index is 13.9. The summed E-state index contributed by atoms with van der Waals surface area (Å²) >= 11 is 0. The summed E-state index contributed by atoms with van der Waals surface area (Å²) in [6.45, 7) is 2.13. The molecule has 0 bridgehead atoms. The Balaban J connectivity index is 2.76. The van der Waals surface area contributed by atoms with Crippen LogP contribution in [0.3, 0.4) is 0 Å². The number of rotatable bonds is 8. The molecule has 0 saturated carbocycles. The summed E-state index contributed by atoms with van der Waals surface area (Å²) in [7, 11) is 2.95. The number of hydrogen-bond acceptors (Lipinski definition) is 3. The zero-order chi connectivity index (χ0) is 14.3. The van der Waals surface area contributed by atoms with Gasteiger partial charge in [0.1, 0.15) is 5.82 Å². The average Bonchev–Trinajstić information content (AvgIpc) is 2.42. The highest BCUT2D eigenvalue weighted by molar-refractivity contribution is 5.44. The van der Waals surface area contributed by atoms with Gasteiger partial charge in [0.05, 0.1) is 20.3 Å². The number of hydrogen-bond donors (Lipinski definition) is 1. The molecule has 0 saturated heterocycles. The molecule has 1 unspecified atom stereocenters. The lowest BCUT2D eigenvalue weighted by atomic mass is 10.0. The molecular weight excluding hydrogens is 247 g/mol. The third-order valence-electron chi connectivity index (χ3n) is 3.19. The first-order valence-corrected chi connectivity index (χ1v) is 6.73. The number of aliphatic hydroxyl groups is 1. The summed E-state index contributed by atoms with van der Waals surface area (Å²) in [5.41, 5.74) is 0.272. The number of ether oxygens (including phenoxy) is 2. The Kier molecular flexibility index (Phi) is 6.64. The second-order valence-corrected chi connectivity index (χ2v) is 4.59. The van der Waals surface area contributed by atoms with Gasteiger partial charge in [0.2, 0.25) is 0 Å². The molecule has 1 N–H and O–H groups in total. The second-order valence-electron chi connectivity index (χ2n) is 4.59. The predicted molar refractivity (Wildman–Crippen MR) is 73.2 cm³/mol. The molecule has 1 aromatic carbocycles. The minimum absolute atomic E-state index is 0.272. The standard InChI is InChI=1S/C15H23FO3/c1-4-5-6-7-8-13(17)11-9-14(18-2)15(19-3)10-12(11)16/h9-10,13,17H,4-8H2,1-3H3. The second kappa shape index (κ2) is 8.00. The summed E-state index contributed by atoms with van der Waals surface area (Å²) in [4.78, 5) is 0. The summed E-state index contributed by atoms with van der Waals surface area (Å²) in [6.07, 6.45) is 4.00. The lowest BCUT2D eigenvalue weighted by molar-refractivity contribution is 0.158. The van der Waals surface area contributed by atoms with Crippen molar-refractivity contribution >= 4 is 0 Å². The van der Waals surface area contributed by atoms with Gasteiger partial charge in [-0.1, -0.05) is 32.6 Å². The Morgan fingerprint density at radius 2 is 1.74 bits per heavy atom. The normalized spacial score (nSPS) is 12.3. The van der Waals surface area contributed by atoms with Gasteiger partial charge in [-0.05, 0) is 12.5 Å². The molecule has 0 aromatic heterocycles. The number of unbranched alkanes of at least 4 members (excludes halogenated alkanes) is 3. The molecule has 0 radical (unpaired) electrons. The summed E-state index contributed by atoms with van der Waals surface area (Å²) in [5.74, 6) is 0.314. The highest BCUT2D eigenvalue weighted by Crippen LogP contribution is 2.33. The van der Waals surface area contributed by atoms with Gasteiger partial charge in [0, 0.05) is 11.6 Å². The van der Waals surface area contributed by atoms with Crippen LogP contribution in [0.1, 0.15) is 50.7 Å². The van der Waals surface area contributed by atoms with E-state index in [2.05, 4.69) is 6.92 Å². The predicted octanol–water partition coefficient (Wildman–Crippen LogP) is 3.85. The molecule has 19 heavy (non-hydrogen) atoms. The molecule has 1 rings (SSSR count). The third kappa shape index (κ3) is 4.39. The van der Waals surface area contributed by atoms with E-state index in [0.29, 0.717) is 17.9 Å². The fourth-order valence-corrected chi connectivity index (χ4v) is 2.05. The molecule has 0 heterocycles. The molecule has 4 heteroatoms. The van der Waals surface area contributed by atoms with Gasteiger partial charge < -0.3 is 14.6 Å². The highest BCUT2D eigenvalue weighted by Gasteiger charge is 2.17. The average molecular weight is 270 g/mol. The van der Waals surface area contributed by atoms with Crippen molar-refractivity contribution in [1.82, 2.24) is 0 Å². The number of methoxy groups -OCH3 is 2. The molecular formula is C15H23FO3. The van der Waals surface area contributed by atoms with E-state index < -0.39 is 11.9 Å². The van der Waals surface area contributed by atoms with E-state index in [-0.39, 0.29) is 5.56 Å². The highest BCUT2D eigenvalue weighted by atomic mass is 19.1. The van der Waals surface area contributed by atoms with Crippen LogP contribution in [0.4, 0.5) is 4.39 Å². The van der Waals surface area contributed by atoms with Gasteiger partial charge >= 0.3 is 0 Å². The van der Waals surface area contributed by atoms with Crippen LogP contribution in [0, 0.1) is 5.82 Å². The van der Waals surface area contributed by atoms with Crippen molar-refractivity contribution in [2.75, 3.05) is 14.2 Å². The summed E-state index contributed by atoms with van der Waals surface area (Å²) < 4.78 is 24.0. The fraction of sp³-hybridized carbons (Fsp3) is 0.600. The van der Waals surface area contributed by atoms with E-state index in [1.807, 2.05) is 0 Å². The maximum atomic E-state index is 13.9. The third-order valence-corrected chi connectivity index (χ3v) is 3.19. The van der Waals surface area contributed by atoms with Crippen LogP contribution in [-0.2, 0) is 0 Å². The van der Waals surface area contributed by atoms with Crippen molar-refractivity contribution in [3.8, 4) is 11.5 Å². The number of halogens is 1. The molecule has 0 amide bonds. The van der Waals surface area contributed by atoms with Gasteiger partial charge in [0.25, 0.3) is 0 Å². The van der Waals surface area contributed by atoms with E-state index >= 15 is 0 Å². The van der Waals surface area contributed by atoms with E-state index in [1.165, 1.54) is 26.4 Å². The molecule has 0 fully saturated rings. The monoisotopic (exact) mass is 270 g/mol. The van der Waals surface area contributed by atoms with Crippen molar-refractivity contribution in [2.24, 2.45) is 0 Å². The van der Waals surface area contributed by atoms with Crippen molar-refractivity contribution in [3.63, 3.8) is 0 Å². The first-order valence-electron chi connectivity index (χ1n) is 6.73. The molecule has 108 valence electrons. The van der Waals surface area contributed by atoms with Gasteiger partial charge in [-0.25, -0.2) is 4.39 Å². The van der Waals surface area contributed by atoms with Gasteiger partial charge in [0.15, 0.2) is 11.5 Å². The molecule has 1 atom stereocenters. The van der Waals surface area contributed by atoms with E-state index in [4.69, 9.17) is 9.47 Å². The Morgan fingerprint density at radius 1 is 1.11 bits per heavy atom. The SMILES string of the molecule is CCCCCCC(O)c1cc(OC)c(OC)cc1F. The lowest BCUT2D eigenvalue weighted by Crippen LogP contribution is -2.03. The largest absolute Gasteiger partial charge is 0.493 e. The van der Waals surface area contributed by atoms with Crippen molar-refractivity contribution in [3.05, 3.63) is 23.5 Å². The Hall–Kier alpha value is -1.29. The maximum Gasteiger partial charge on any atom is 0.163 e. The minimum Gasteiger partial charge on any atom is -0.493 e. The number of aliphatic hydroxyl groups excluding tert-OH is 1. The number of benzene rings is 1. The molecule has 3 nitrogen and oxygen atoms in total. The Bertz CT molecular complexity index is 393. The fourth-order valence-electron chi connectivity index (χ4n) is 2.05. The van der Waals surface area contributed by atoms with Crippen molar-refractivity contribution in [2.45, 2.75) is 45.1 Å². The first kappa shape index (κ1) is 15.8. The Labute approximate surface area is 114 Å². The summed E-state index contributed by atoms with van der Waals surface area (Å²) in [5, 5.41) is 10.0. The molecule has 0 aliphatic heterocycles. The minimum atomic E-state index is -0.795. The van der Waals surface area contributed by atoms with Gasteiger partial charge in [-0.2, -0.15) is 0 Å². The molecule has 0 aliphatic carbocycles. The summed E-state index contributed by atoms with van der Waals surface area (Å²) in [6, 6.07) is 2.77. The van der Waals surface area contributed by atoms with E-state index in [9.17, 15) is 9.50 Å². The zero-order valence-corrected chi connectivity index (χ0v) is 11.9. The van der Waals surface area contributed by atoms with Crippen LogP contribution >= 0.6 is 0 Å². The van der Waals surface area contributed by atoms with Crippen LogP contribution in [0.5, 0.6) is 11.5 Å². The van der Waals surface area contributed by atoms with Crippen LogP contribution < -0.4 is 9.47 Å².